The number of nitrogens with two attached hydrogens (primary N) is 1. The van der Waals surface area contributed by atoms with Gasteiger partial charge in [-0.25, -0.2) is 4.79 Å². The topological polar surface area (TPSA) is 80.9 Å². The largest absolute Gasteiger partial charge is 0.392 e. The molecule has 0 amide bonds. The number of thioether (sulfide) groups is 1. The second-order valence-electron chi connectivity index (χ2n) is 2.83. The summed E-state index contributed by atoms with van der Waals surface area (Å²) in [5, 5.41) is 0.611. The van der Waals surface area contributed by atoms with Crippen LogP contribution in [-0.2, 0) is 6.54 Å². The molecule has 0 atom stereocenters. The molecule has 3 N–H and O–H groups in total. The van der Waals surface area contributed by atoms with E-state index in [1.54, 1.807) is 0 Å². The van der Waals surface area contributed by atoms with Crippen LogP contribution in [-0.4, -0.2) is 15.3 Å². The first-order valence-corrected chi connectivity index (χ1v) is 4.94. The molecule has 0 aliphatic carbocycles. The Bertz CT molecular complexity index is 448. The van der Waals surface area contributed by atoms with Gasteiger partial charge in [0.15, 0.2) is 0 Å². The molecule has 0 fully saturated rings. The maximum atomic E-state index is 11.3. The molecule has 2 rings (SSSR count). The quantitative estimate of drug-likeness (QED) is 0.558. The second-order valence-corrected chi connectivity index (χ2v) is 3.92. The lowest BCUT2D eigenvalue weighted by atomic mass is 10.4. The van der Waals surface area contributed by atoms with Gasteiger partial charge in [0.25, 0.3) is 5.56 Å². The van der Waals surface area contributed by atoms with Gasteiger partial charge in [-0.3, -0.25) is 14.3 Å². The molecule has 2 heterocycles. The van der Waals surface area contributed by atoms with E-state index in [0.29, 0.717) is 11.6 Å². The van der Waals surface area contributed by atoms with Gasteiger partial charge in [-0.15, -0.1) is 11.8 Å². The van der Waals surface area contributed by atoms with Gasteiger partial charge in [0.05, 0.1) is 0 Å². The zero-order valence-electron chi connectivity index (χ0n) is 6.87. The summed E-state index contributed by atoms with van der Waals surface area (Å²) in [4.78, 5) is 24.6. The van der Waals surface area contributed by atoms with Gasteiger partial charge < -0.3 is 5.73 Å². The lowest BCUT2D eigenvalue weighted by Gasteiger charge is -2.17. The van der Waals surface area contributed by atoms with Crippen LogP contribution in [0.2, 0.25) is 0 Å². The molecule has 0 saturated heterocycles. The highest BCUT2D eigenvalue weighted by atomic mass is 32.2. The summed E-state index contributed by atoms with van der Waals surface area (Å²) >= 11 is 1.46. The van der Waals surface area contributed by atoms with Crippen molar-refractivity contribution in [3.05, 3.63) is 20.8 Å². The van der Waals surface area contributed by atoms with Crippen molar-refractivity contribution in [3.63, 3.8) is 0 Å². The summed E-state index contributed by atoms with van der Waals surface area (Å²) < 4.78 is 1.52. The fourth-order valence-electron chi connectivity index (χ4n) is 1.32. The standard InChI is InChI=1S/C7H9N3O2S/c8-4-5(11)9-7(12)10-2-1-3-13-6(4)10/h1-3,8H2,(H,9,11,12). The Morgan fingerprint density at radius 3 is 3.00 bits per heavy atom. The highest BCUT2D eigenvalue weighted by molar-refractivity contribution is 7.99. The van der Waals surface area contributed by atoms with Crippen molar-refractivity contribution in [2.24, 2.45) is 0 Å². The van der Waals surface area contributed by atoms with Crippen LogP contribution >= 0.6 is 11.8 Å². The molecular formula is C7H9N3O2S. The maximum absolute atomic E-state index is 11.3. The molecule has 0 bridgehead atoms. The molecular weight excluding hydrogens is 190 g/mol. The van der Waals surface area contributed by atoms with Crippen molar-refractivity contribution < 1.29 is 0 Å². The van der Waals surface area contributed by atoms with Crippen molar-refractivity contribution >= 4 is 17.4 Å². The molecule has 0 saturated carbocycles. The molecule has 13 heavy (non-hydrogen) atoms. The Balaban J connectivity index is 2.77. The number of rotatable bonds is 0. The summed E-state index contributed by atoms with van der Waals surface area (Å²) in [6, 6.07) is 0. The van der Waals surface area contributed by atoms with E-state index in [-0.39, 0.29) is 11.4 Å². The Labute approximate surface area is 78.0 Å². The van der Waals surface area contributed by atoms with Gasteiger partial charge in [0.2, 0.25) is 0 Å². The summed E-state index contributed by atoms with van der Waals surface area (Å²) in [6.45, 7) is 0.641. The minimum Gasteiger partial charge on any atom is -0.392 e. The third-order valence-corrected chi connectivity index (χ3v) is 3.16. The molecule has 1 aliphatic rings. The molecule has 0 aromatic carbocycles. The van der Waals surface area contributed by atoms with Gasteiger partial charge in [-0.1, -0.05) is 0 Å². The second kappa shape index (κ2) is 2.95. The Kier molecular flexibility index (Phi) is 1.91. The summed E-state index contributed by atoms with van der Waals surface area (Å²) in [6.07, 6.45) is 0.934. The van der Waals surface area contributed by atoms with E-state index in [0.717, 1.165) is 12.2 Å². The first-order valence-electron chi connectivity index (χ1n) is 3.95. The predicted octanol–water partition coefficient (Wildman–Crippen LogP) is -0.385. The number of fused-ring (bicyclic) bond motifs is 1. The van der Waals surface area contributed by atoms with Crippen molar-refractivity contribution in [1.82, 2.24) is 9.55 Å². The molecule has 1 aromatic heterocycles. The SMILES string of the molecule is Nc1c2n(c(=O)[nH]c1=O)CCCS2. The summed E-state index contributed by atoms with van der Waals surface area (Å²) in [5.41, 5.74) is 4.86. The zero-order valence-corrected chi connectivity index (χ0v) is 7.69. The fourth-order valence-corrected chi connectivity index (χ4v) is 2.36. The molecule has 1 aromatic rings. The van der Waals surface area contributed by atoms with E-state index in [1.807, 2.05) is 0 Å². The third-order valence-electron chi connectivity index (χ3n) is 1.95. The molecule has 0 radical (unpaired) electrons. The average Bonchev–Trinajstić information content (AvgIpc) is 2.15. The monoisotopic (exact) mass is 199 g/mol. The number of nitrogens with zero attached hydrogens (tertiary/aromatic N) is 1. The van der Waals surface area contributed by atoms with E-state index in [9.17, 15) is 9.59 Å². The minimum absolute atomic E-state index is 0.157. The van der Waals surface area contributed by atoms with Crippen LogP contribution in [0.5, 0.6) is 0 Å². The number of hydrogen-bond donors (Lipinski definition) is 2. The number of aromatic amines is 1. The highest BCUT2D eigenvalue weighted by Crippen LogP contribution is 2.25. The summed E-state index contributed by atoms with van der Waals surface area (Å²) in [7, 11) is 0. The van der Waals surface area contributed by atoms with E-state index in [4.69, 9.17) is 5.73 Å². The van der Waals surface area contributed by atoms with Crippen molar-refractivity contribution in [1.29, 1.82) is 0 Å². The number of anilines is 1. The maximum Gasteiger partial charge on any atom is 0.329 e. The van der Waals surface area contributed by atoms with Crippen LogP contribution in [0.15, 0.2) is 14.6 Å². The molecule has 1 aliphatic heterocycles. The smallest absolute Gasteiger partial charge is 0.329 e. The molecule has 5 nitrogen and oxygen atoms in total. The van der Waals surface area contributed by atoms with Crippen molar-refractivity contribution in [3.8, 4) is 0 Å². The van der Waals surface area contributed by atoms with Crippen LogP contribution in [0.4, 0.5) is 5.69 Å². The highest BCUT2D eigenvalue weighted by Gasteiger charge is 2.15. The first-order chi connectivity index (χ1) is 6.20. The minimum atomic E-state index is -0.481. The van der Waals surface area contributed by atoms with Crippen molar-refractivity contribution in [2.45, 2.75) is 18.0 Å². The molecule has 0 spiro atoms. The zero-order chi connectivity index (χ0) is 9.42. The van der Waals surface area contributed by atoms with Crippen LogP contribution in [0.3, 0.4) is 0 Å². The van der Waals surface area contributed by atoms with Gasteiger partial charge in [-0.05, 0) is 6.42 Å². The predicted molar refractivity (Wildman–Crippen MR) is 51.1 cm³/mol. The van der Waals surface area contributed by atoms with Crippen LogP contribution in [0, 0.1) is 0 Å². The van der Waals surface area contributed by atoms with Crippen LogP contribution in [0.25, 0.3) is 0 Å². The van der Waals surface area contributed by atoms with Gasteiger partial charge in [-0.2, -0.15) is 0 Å². The van der Waals surface area contributed by atoms with Gasteiger partial charge in [0.1, 0.15) is 10.7 Å². The van der Waals surface area contributed by atoms with E-state index in [1.165, 1.54) is 16.3 Å². The van der Waals surface area contributed by atoms with E-state index < -0.39 is 5.56 Å². The number of hydrogen-bond acceptors (Lipinski definition) is 4. The number of nitrogen functional groups attached to an aromatic ring is 1. The normalized spacial score (nSPS) is 15.4. The Morgan fingerprint density at radius 2 is 2.23 bits per heavy atom. The van der Waals surface area contributed by atoms with E-state index in [2.05, 4.69) is 4.98 Å². The first kappa shape index (κ1) is 8.43. The molecule has 0 unspecified atom stereocenters. The lowest BCUT2D eigenvalue weighted by Crippen LogP contribution is -2.34. The van der Waals surface area contributed by atoms with Gasteiger partial charge >= 0.3 is 5.69 Å². The molecule has 6 heteroatoms. The third kappa shape index (κ3) is 1.27. The number of aromatic nitrogens is 2. The average molecular weight is 199 g/mol. The van der Waals surface area contributed by atoms with Crippen molar-refractivity contribution in [2.75, 3.05) is 11.5 Å². The lowest BCUT2D eigenvalue weighted by molar-refractivity contribution is 0.573. The van der Waals surface area contributed by atoms with Gasteiger partial charge in [0, 0.05) is 12.3 Å². The fraction of sp³-hybridized carbons (Fsp3) is 0.429. The Morgan fingerprint density at radius 1 is 1.46 bits per heavy atom. The Hall–Kier alpha value is -1.17. The van der Waals surface area contributed by atoms with E-state index >= 15 is 0 Å². The van der Waals surface area contributed by atoms with Crippen LogP contribution in [0.1, 0.15) is 6.42 Å². The summed E-state index contributed by atoms with van der Waals surface area (Å²) in [5.74, 6) is 0.910. The van der Waals surface area contributed by atoms with Crippen LogP contribution < -0.4 is 17.0 Å². The molecule has 70 valence electrons. The number of nitrogens with one attached hydrogen (secondary N) is 1. The number of H-pyrrole nitrogens is 1.